The normalized spacial score (nSPS) is 10.4. The van der Waals surface area contributed by atoms with Crippen LogP contribution in [0.3, 0.4) is 0 Å². The lowest BCUT2D eigenvalue weighted by Crippen LogP contribution is -1.98. The van der Waals surface area contributed by atoms with Crippen molar-refractivity contribution < 1.29 is 8.78 Å². The second kappa shape index (κ2) is 4.93. The number of hydrogen-bond donors (Lipinski definition) is 1. The van der Waals surface area contributed by atoms with Gasteiger partial charge in [0.05, 0.1) is 10.2 Å². The summed E-state index contributed by atoms with van der Waals surface area (Å²) in [7, 11) is 0. The number of rotatable bonds is 2. The molecule has 0 radical (unpaired) electrons. The number of hydrogen-bond acceptors (Lipinski definition) is 3. The molecule has 2 rings (SSSR count). The molecule has 7 heteroatoms. The fourth-order valence-electron chi connectivity index (χ4n) is 1.16. The lowest BCUT2D eigenvalue weighted by Gasteiger charge is -2.07. The lowest BCUT2D eigenvalue weighted by molar-refractivity contribution is 0.581. The molecule has 0 bridgehead atoms. The second-order valence-corrected chi connectivity index (χ2v) is 4.34. The van der Waals surface area contributed by atoms with Crippen LogP contribution in [0.4, 0.5) is 20.3 Å². The van der Waals surface area contributed by atoms with Gasteiger partial charge in [-0.05, 0) is 22.0 Å². The van der Waals surface area contributed by atoms with Crippen LogP contribution in [0.25, 0.3) is 0 Å². The molecular weight excluding hydrogens is 315 g/mol. The van der Waals surface area contributed by atoms with E-state index in [9.17, 15) is 8.78 Å². The van der Waals surface area contributed by atoms with Crippen molar-refractivity contribution in [2.45, 2.75) is 0 Å². The Morgan fingerprint density at radius 1 is 1.12 bits per heavy atom. The van der Waals surface area contributed by atoms with Gasteiger partial charge in [-0.1, -0.05) is 11.6 Å². The molecule has 88 valence electrons. The fraction of sp³-hybridized carbons (Fsp3) is 0. The zero-order valence-electron chi connectivity index (χ0n) is 8.22. The molecule has 1 aromatic heterocycles. The third-order valence-electron chi connectivity index (χ3n) is 1.91. The summed E-state index contributed by atoms with van der Waals surface area (Å²) in [6.45, 7) is 0. The number of anilines is 2. The quantitative estimate of drug-likeness (QED) is 0.673. The molecule has 0 saturated heterocycles. The molecule has 0 spiro atoms. The van der Waals surface area contributed by atoms with Gasteiger partial charge in [0.25, 0.3) is 0 Å². The van der Waals surface area contributed by atoms with Gasteiger partial charge >= 0.3 is 0 Å². The first kappa shape index (κ1) is 12.2. The maximum Gasteiger partial charge on any atom is 0.149 e. The van der Waals surface area contributed by atoms with E-state index in [-0.39, 0.29) is 15.3 Å². The Labute approximate surface area is 109 Å². The summed E-state index contributed by atoms with van der Waals surface area (Å²) in [5.41, 5.74) is 0.0908. The standard InChI is InChI=1S/C10H5BrClF2N3/c11-5-1-8(7(14)2-6(5)13)17-10-3-9(12)15-4-16-10/h1-4H,(H,15,16,17). The third-order valence-corrected chi connectivity index (χ3v) is 2.72. The summed E-state index contributed by atoms with van der Waals surface area (Å²) >= 11 is 8.62. The average Bonchev–Trinajstić information content (AvgIpc) is 2.26. The molecule has 2 aromatic rings. The van der Waals surface area contributed by atoms with Gasteiger partial charge in [0.15, 0.2) is 0 Å². The Balaban J connectivity index is 2.33. The predicted molar refractivity (Wildman–Crippen MR) is 64.4 cm³/mol. The van der Waals surface area contributed by atoms with Crippen LogP contribution in [0.5, 0.6) is 0 Å². The van der Waals surface area contributed by atoms with Crippen LogP contribution in [0.2, 0.25) is 5.15 Å². The van der Waals surface area contributed by atoms with E-state index in [0.29, 0.717) is 5.82 Å². The molecule has 0 aliphatic rings. The molecule has 0 aliphatic heterocycles. The van der Waals surface area contributed by atoms with Gasteiger partial charge < -0.3 is 5.32 Å². The lowest BCUT2D eigenvalue weighted by atomic mass is 10.3. The van der Waals surface area contributed by atoms with Gasteiger partial charge in [0.2, 0.25) is 0 Å². The monoisotopic (exact) mass is 319 g/mol. The summed E-state index contributed by atoms with van der Waals surface area (Å²) in [6, 6.07) is 3.48. The molecule has 0 saturated carbocycles. The number of benzene rings is 1. The van der Waals surface area contributed by atoms with E-state index in [1.165, 1.54) is 18.5 Å². The van der Waals surface area contributed by atoms with E-state index in [2.05, 4.69) is 31.2 Å². The van der Waals surface area contributed by atoms with Crippen molar-refractivity contribution in [1.29, 1.82) is 0 Å². The van der Waals surface area contributed by atoms with Gasteiger partial charge in [0.1, 0.15) is 28.9 Å². The molecule has 17 heavy (non-hydrogen) atoms. The number of nitrogens with one attached hydrogen (secondary N) is 1. The van der Waals surface area contributed by atoms with Crippen molar-refractivity contribution in [1.82, 2.24) is 9.97 Å². The minimum Gasteiger partial charge on any atom is -0.338 e. The largest absolute Gasteiger partial charge is 0.338 e. The van der Waals surface area contributed by atoms with Crippen molar-refractivity contribution in [3.8, 4) is 0 Å². The van der Waals surface area contributed by atoms with Crippen LogP contribution in [-0.2, 0) is 0 Å². The molecule has 0 aliphatic carbocycles. The van der Waals surface area contributed by atoms with Crippen LogP contribution < -0.4 is 5.32 Å². The number of halogens is 4. The Kier molecular flexibility index (Phi) is 3.54. The van der Waals surface area contributed by atoms with E-state index in [1.54, 1.807) is 0 Å². The zero-order chi connectivity index (χ0) is 12.4. The zero-order valence-corrected chi connectivity index (χ0v) is 10.6. The summed E-state index contributed by atoms with van der Waals surface area (Å²) in [6.07, 6.45) is 1.24. The summed E-state index contributed by atoms with van der Waals surface area (Å²) in [5, 5.41) is 2.90. The molecule has 1 heterocycles. The molecular formula is C10H5BrClF2N3. The van der Waals surface area contributed by atoms with Crippen molar-refractivity contribution >= 4 is 39.0 Å². The van der Waals surface area contributed by atoms with Crippen molar-refractivity contribution in [3.63, 3.8) is 0 Å². The highest BCUT2D eigenvalue weighted by atomic mass is 79.9. The first-order valence-electron chi connectivity index (χ1n) is 4.45. The first-order chi connectivity index (χ1) is 8.06. The smallest absolute Gasteiger partial charge is 0.149 e. The van der Waals surface area contributed by atoms with Gasteiger partial charge in [-0.15, -0.1) is 0 Å². The van der Waals surface area contributed by atoms with Crippen LogP contribution >= 0.6 is 27.5 Å². The molecule has 0 atom stereocenters. The van der Waals surface area contributed by atoms with E-state index in [4.69, 9.17) is 11.6 Å². The van der Waals surface area contributed by atoms with E-state index in [0.717, 1.165) is 6.07 Å². The minimum absolute atomic E-state index is 0.0908. The molecule has 3 nitrogen and oxygen atoms in total. The van der Waals surface area contributed by atoms with E-state index < -0.39 is 11.6 Å². The van der Waals surface area contributed by atoms with Crippen LogP contribution in [-0.4, -0.2) is 9.97 Å². The Morgan fingerprint density at radius 2 is 1.88 bits per heavy atom. The highest BCUT2D eigenvalue weighted by molar-refractivity contribution is 9.10. The average molecular weight is 321 g/mol. The molecule has 1 aromatic carbocycles. The van der Waals surface area contributed by atoms with Gasteiger partial charge in [-0.2, -0.15) is 0 Å². The number of nitrogens with zero attached hydrogens (tertiary/aromatic N) is 2. The van der Waals surface area contributed by atoms with E-state index in [1.807, 2.05) is 0 Å². The van der Waals surface area contributed by atoms with Gasteiger partial charge in [0, 0.05) is 12.1 Å². The summed E-state index contributed by atoms with van der Waals surface area (Å²) in [5.74, 6) is -1.07. The maximum atomic E-state index is 13.4. The SMILES string of the molecule is Fc1cc(F)c(Nc2cc(Cl)ncn2)cc1Br. The van der Waals surface area contributed by atoms with Gasteiger partial charge in [-0.25, -0.2) is 18.7 Å². The first-order valence-corrected chi connectivity index (χ1v) is 5.62. The molecule has 0 fully saturated rings. The summed E-state index contributed by atoms with van der Waals surface area (Å²) in [4.78, 5) is 7.53. The molecule has 1 N–H and O–H groups in total. The highest BCUT2D eigenvalue weighted by Gasteiger charge is 2.09. The van der Waals surface area contributed by atoms with Gasteiger partial charge in [-0.3, -0.25) is 0 Å². The predicted octanol–water partition coefficient (Wildman–Crippen LogP) is 3.91. The topological polar surface area (TPSA) is 37.8 Å². The van der Waals surface area contributed by atoms with Crippen molar-refractivity contribution in [3.05, 3.63) is 45.8 Å². The Bertz CT molecular complexity index is 565. The Hall–Kier alpha value is -1.27. The van der Waals surface area contributed by atoms with Crippen molar-refractivity contribution in [2.24, 2.45) is 0 Å². The van der Waals surface area contributed by atoms with Crippen molar-refractivity contribution in [2.75, 3.05) is 5.32 Å². The van der Waals surface area contributed by atoms with Crippen LogP contribution in [0.1, 0.15) is 0 Å². The summed E-state index contributed by atoms with van der Waals surface area (Å²) < 4.78 is 26.6. The molecule has 0 amide bonds. The maximum absolute atomic E-state index is 13.4. The van der Waals surface area contributed by atoms with Crippen LogP contribution in [0.15, 0.2) is 29.0 Å². The fourth-order valence-corrected chi connectivity index (χ4v) is 1.65. The minimum atomic E-state index is -0.722. The molecule has 0 unspecified atom stereocenters. The number of aromatic nitrogens is 2. The van der Waals surface area contributed by atoms with E-state index >= 15 is 0 Å². The highest BCUT2D eigenvalue weighted by Crippen LogP contribution is 2.26. The Morgan fingerprint density at radius 3 is 2.59 bits per heavy atom. The van der Waals surface area contributed by atoms with Crippen LogP contribution in [0, 0.1) is 11.6 Å². The third kappa shape index (κ3) is 2.89. The second-order valence-electron chi connectivity index (χ2n) is 3.10.